The molecule has 2 nitrogen and oxygen atoms in total. The number of aryl methyl sites for hydroxylation is 12. The first-order chi connectivity index (χ1) is 26.7. The summed E-state index contributed by atoms with van der Waals surface area (Å²) in [7, 11) is 0. The largest absolute Gasteiger partial charge is 0.310 e. The summed E-state index contributed by atoms with van der Waals surface area (Å²) >= 11 is 0. The van der Waals surface area contributed by atoms with Gasteiger partial charge in [-0.3, -0.25) is 0 Å². The average molecular weight is 731 g/mol. The number of benzene rings is 8. The molecule has 0 aliphatic rings. The van der Waals surface area contributed by atoms with Crippen molar-refractivity contribution in [2.24, 2.45) is 0 Å². The zero-order valence-corrected chi connectivity index (χ0v) is 35.3. The fraction of sp³-hybridized carbons (Fsp3) is 0.222. The molecule has 0 bridgehead atoms. The molecule has 0 atom stereocenters. The Labute approximate surface area is 334 Å². The third-order valence-electron chi connectivity index (χ3n) is 12.7. The van der Waals surface area contributed by atoms with Gasteiger partial charge in [0.05, 0.1) is 11.4 Å². The van der Waals surface area contributed by atoms with Gasteiger partial charge in [0.25, 0.3) is 0 Å². The highest BCUT2D eigenvalue weighted by Gasteiger charge is 2.24. The highest BCUT2D eigenvalue weighted by molar-refractivity contribution is 6.25. The van der Waals surface area contributed by atoms with E-state index in [2.05, 4.69) is 202 Å². The van der Waals surface area contributed by atoms with Gasteiger partial charge in [-0.05, 0) is 244 Å². The summed E-state index contributed by atoms with van der Waals surface area (Å²) < 4.78 is 0. The molecule has 0 aliphatic carbocycles. The van der Waals surface area contributed by atoms with Gasteiger partial charge in [-0.25, -0.2) is 0 Å². The van der Waals surface area contributed by atoms with Crippen molar-refractivity contribution in [2.75, 3.05) is 9.80 Å². The number of rotatable bonds is 6. The second kappa shape index (κ2) is 14.0. The summed E-state index contributed by atoms with van der Waals surface area (Å²) in [5, 5.41) is 7.54. The lowest BCUT2D eigenvalue weighted by atomic mass is 9.90. The van der Waals surface area contributed by atoms with Crippen LogP contribution in [0.1, 0.15) is 66.8 Å². The molecule has 8 aromatic carbocycles. The SMILES string of the molecule is Cc1ccc(N(c2ccc(C)c(C)c2)c2cc3c4cc(C)c(C)cc4c(N(c4ccc(C)c(C)c4)c4ccc(C)c(C)c4)cc3c3cc(C)c(C)cc23)cc1C. The van der Waals surface area contributed by atoms with Gasteiger partial charge in [0.1, 0.15) is 0 Å². The first-order valence-corrected chi connectivity index (χ1v) is 20.0. The van der Waals surface area contributed by atoms with Gasteiger partial charge >= 0.3 is 0 Å². The quantitative estimate of drug-likeness (QED) is 0.157. The fourth-order valence-electron chi connectivity index (χ4n) is 8.22. The standard InChI is InChI=1S/C54H54N2/c1-31-13-17-43(21-35(31)5)55(44-18-14-32(2)36(6)22-44)53-29-49-48-26-40(10)42(12)28-52(48)54(30-50(49)47-25-39(9)41(11)27-51(47)53)56(45-19-15-33(3)37(7)23-45)46-20-16-34(4)38(8)24-46/h13-30H,1-12H3. The van der Waals surface area contributed by atoms with E-state index in [1.165, 1.54) is 133 Å². The zero-order chi connectivity index (χ0) is 39.7. The van der Waals surface area contributed by atoms with Crippen molar-refractivity contribution in [3.8, 4) is 0 Å². The van der Waals surface area contributed by atoms with Crippen molar-refractivity contribution in [3.05, 3.63) is 176 Å². The van der Waals surface area contributed by atoms with E-state index < -0.39 is 0 Å². The molecule has 0 amide bonds. The number of anilines is 6. The average Bonchev–Trinajstić information content (AvgIpc) is 3.16. The van der Waals surface area contributed by atoms with Crippen LogP contribution in [0.15, 0.2) is 109 Å². The number of hydrogen-bond acceptors (Lipinski definition) is 2. The second-order valence-electron chi connectivity index (χ2n) is 16.6. The van der Waals surface area contributed by atoms with Crippen LogP contribution in [0.4, 0.5) is 34.1 Å². The molecule has 8 aromatic rings. The summed E-state index contributed by atoms with van der Waals surface area (Å²) in [6, 6.07) is 42.3. The lowest BCUT2D eigenvalue weighted by molar-refractivity contribution is 1.24. The Kier molecular flexibility index (Phi) is 9.28. The lowest BCUT2D eigenvalue weighted by Crippen LogP contribution is -2.13. The summed E-state index contributed by atoms with van der Waals surface area (Å²) in [5.74, 6) is 0. The van der Waals surface area contributed by atoms with E-state index in [0.717, 1.165) is 0 Å². The van der Waals surface area contributed by atoms with Gasteiger partial charge in [-0.2, -0.15) is 0 Å². The molecule has 56 heavy (non-hydrogen) atoms. The first kappa shape index (κ1) is 37.1. The number of hydrogen-bond donors (Lipinski definition) is 0. The van der Waals surface area contributed by atoms with Crippen LogP contribution in [0, 0.1) is 83.1 Å². The third-order valence-corrected chi connectivity index (χ3v) is 12.7. The first-order valence-electron chi connectivity index (χ1n) is 20.0. The molecule has 0 aliphatic heterocycles. The Morgan fingerprint density at radius 2 is 0.429 bits per heavy atom. The van der Waals surface area contributed by atoms with E-state index in [9.17, 15) is 0 Å². The van der Waals surface area contributed by atoms with Gasteiger partial charge < -0.3 is 9.80 Å². The van der Waals surface area contributed by atoms with E-state index in [4.69, 9.17) is 0 Å². The van der Waals surface area contributed by atoms with Crippen molar-refractivity contribution in [2.45, 2.75) is 83.1 Å². The van der Waals surface area contributed by atoms with E-state index in [1.807, 2.05) is 0 Å². The molecule has 0 N–H and O–H groups in total. The number of fused-ring (bicyclic) bond motifs is 5. The maximum atomic E-state index is 2.49. The minimum Gasteiger partial charge on any atom is -0.310 e. The zero-order valence-electron chi connectivity index (χ0n) is 35.3. The van der Waals surface area contributed by atoms with Gasteiger partial charge in [0.2, 0.25) is 0 Å². The van der Waals surface area contributed by atoms with Crippen LogP contribution in [0.2, 0.25) is 0 Å². The Hall–Kier alpha value is -5.86. The Bertz CT molecular complexity index is 2590. The van der Waals surface area contributed by atoms with E-state index >= 15 is 0 Å². The molecule has 0 saturated heterocycles. The Balaban J connectivity index is 1.54. The van der Waals surface area contributed by atoms with Gasteiger partial charge in [-0.15, -0.1) is 0 Å². The topological polar surface area (TPSA) is 6.48 Å². The molecule has 8 rings (SSSR count). The van der Waals surface area contributed by atoms with Crippen LogP contribution in [0.5, 0.6) is 0 Å². The molecule has 0 unspecified atom stereocenters. The molecule has 280 valence electrons. The number of nitrogens with zero attached hydrogens (tertiary/aromatic N) is 2. The van der Waals surface area contributed by atoms with Crippen LogP contribution < -0.4 is 9.80 Å². The predicted molar refractivity (Wildman–Crippen MR) is 245 cm³/mol. The summed E-state index contributed by atoms with van der Waals surface area (Å²) in [6.07, 6.45) is 0. The molecule has 0 fully saturated rings. The Morgan fingerprint density at radius 3 is 0.679 bits per heavy atom. The van der Waals surface area contributed by atoms with Crippen LogP contribution >= 0.6 is 0 Å². The molecule has 0 aromatic heterocycles. The maximum absolute atomic E-state index is 2.49. The van der Waals surface area contributed by atoms with Gasteiger partial charge in [0.15, 0.2) is 0 Å². The monoisotopic (exact) mass is 730 g/mol. The van der Waals surface area contributed by atoms with Crippen LogP contribution in [0.25, 0.3) is 32.3 Å². The van der Waals surface area contributed by atoms with Crippen molar-refractivity contribution in [1.29, 1.82) is 0 Å². The smallest absolute Gasteiger partial charge is 0.0546 e. The normalized spacial score (nSPS) is 11.6. The molecule has 2 heteroatoms. The summed E-state index contributed by atoms with van der Waals surface area (Å²) in [4.78, 5) is 4.99. The van der Waals surface area contributed by atoms with Crippen LogP contribution in [0.3, 0.4) is 0 Å². The molecular formula is C54H54N2. The third kappa shape index (κ3) is 6.32. The van der Waals surface area contributed by atoms with E-state index in [0.29, 0.717) is 0 Å². The maximum Gasteiger partial charge on any atom is 0.0546 e. The molecule has 0 radical (unpaired) electrons. The van der Waals surface area contributed by atoms with E-state index in [-0.39, 0.29) is 0 Å². The predicted octanol–water partition coefficient (Wildman–Crippen LogP) is 15.8. The van der Waals surface area contributed by atoms with Crippen LogP contribution in [-0.4, -0.2) is 0 Å². The van der Waals surface area contributed by atoms with Gasteiger partial charge in [-0.1, -0.05) is 36.4 Å². The van der Waals surface area contributed by atoms with Crippen LogP contribution in [-0.2, 0) is 0 Å². The van der Waals surface area contributed by atoms with Crippen molar-refractivity contribution in [3.63, 3.8) is 0 Å². The molecule has 0 heterocycles. The van der Waals surface area contributed by atoms with E-state index in [1.54, 1.807) is 0 Å². The molecule has 0 spiro atoms. The minimum absolute atomic E-state index is 1.17. The second-order valence-corrected chi connectivity index (χ2v) is 16.6. The molecule has 0 saturated carbocycles. The summed E-state index contributed by atoms with van der Waals surface area (Å²) in [5.41, 5.74) is 22.5. The fourth-order valence-corrected chi connectivity index (χ4v) is 8.22. The summed E-state index contributed by atoms with van der Waals surface area (Å²) in [6.45, 7) is 26.7. The lowest BCUT2D eigenvalue weighted by Gasteiger charge is -2.31. The minimum atomic E-state index is 1.17. The van der Waals surface area contributed by atoms with Crippen molar-refractivity contribution >= 4 is 66.4 Å². The highest BCUT2D eigenvalue weighted by atomic mass is 15.2. The molecular weight excluding hydrogens is 677 g/mol. The highest BCUT2D eigenvalue weighted by Crippen LogP contribution is 2.49. The van der Waals surface area contributed by atoms with Gasteiger partial charge in [0, 0.05) is 33.5 Å². The van der Waals surface area contributed by atoms with Crippen molar-refractivity contribution < 1.29 is 0 Å². The Morgan fingerprint density at radius 1 is 0.214 bits per heavy atom. The van der Waals surface area contributed by atoms with Crippen molar-refractivity contribution in [1.82, 2.24) is 0 Å².